The van der Waals surface area contributed by atoms with Gasteiger partial charge < -0.3 is 0 Å². The molecule has 0 atom stereocenters. The van der Waals surface area contributed by atoms with E-state index in [-0.39, 0.29) is 11.6 Å². The molecule has 3 aromatic carbocycles. The Morgan fingerprint density at radius 3 is 1.92 bits per heavy atom. The summed E-state index contributed by atoms with van der Waals surface area (Å²) in [7, 11) is 0. The van der Waals surface area contributed by atoms with Crippen LogP contribution >= 0.6 is 0 Å². The molecule has 3 rings (SSSR count). The van der Waals surface area contributed by atoms with Gasteiger partial charge in [0.05, 0.1) is 0 Å². The first-order chi connectivity index (χ1) is 11.6. The van der Waals surface area contributed by atoms with Crippen molar-refractivity contribution in [3.05, 3.63) is 83.4 Å². The minimum absolute atomic E-state index is 0.328. The fourth-order valence-corrected chi connectivity index (χ4v) is 2.91. The van der Waals surface area contributed by atoms with Crippen LogP contribution < -0.4 is 0 Å². The standard InChI is InChI=1S/C22H20F2/c1-3-4-16-6-8-17(9-7-16)19-12-10-18(14-22(19)24)20-11-5-15(2)13-21(20)23/h5-14H,3-4H2,1-2H3. The molecule has 0 amide bonds. The van der Waals surface area contributed by atoms with Crippen molar-refractivity contribution in [3.8, 4) is 22.3 Å². The third kappa shape index (κ3) is 3.38. The summed E-state index contributed by atoms with van der Waals surface area (Å²) in [5.41, 5.74) is 4.44. The maximum atomic E-state index is 14.6. The van der Waals surface area contributed by atoms with Gasteiger partial charge in [0, 0.05) is 11.1 Å². The lowest BCUT2D eigenvalue weighted by molar-refractivity contribution is 0.626. The van der Waals surface area contributed by atoms with Gasteiger partial charge >= 0.3 is 0 Å². The molecule has 2 heteroatoms. The highest BCUT2D eigenvalue weighted by molar-refractivity contribution is 5.71. The van der Waals surface area contributed by atoms with Crippen LogP contribution in [-0.2, 0) is 6.42 Å². The Morgan fingerprint density at radius 2 is 1.29 bits per heavy atom. The van der Waals surface area contributed by atoms with Crippen LogP contribution in [0.2, 0.25) is 0 Å². The van der Waals surface area contributed by atoms with Crippen LogP contribution in [0, 0.1) is 18.6 Å². The van der Waals surface area contributed by atoms with Gasteiger partial charge in [0.15, 0.2) is 0 Å². The largest absolute Gasteiger partial charge is 0.206 e. The molecule has 0 aliphatic heterocycles. The van der Waals surface area contributed by atoms with Gasteiger partial charge in [0.2, 0.25) is 0 Å². The summed E-state index contributed by atoms with van der Waals surface area (Å²) in [5, 5.41) is 0. The zero-order chi connectivity index (χ0) is 17.1. The van der Waals surface area contributed by atoms with Crippen LogP contribution in [-0.4, -0.2) is 0 Å². The molecule has 0 bridgehead atoms. The SMILES string of the molecule is CCCc1ccc(-c2ccc(-c3ccc(C)cc3F)cc2F)cc1. The Labute approximate surface area is 141 Å². The number of rotatable bonds is 4. The number of benzene rings is 3. The molecule has 0 fully saturated rings. The predicted octanol–water partition coefficient (Wildman–Crippen LogP) is 6.56. The Hall–Kier alpha value is -2.48. The van der Waals surface area contributed by atoms with Gasteiger partial charge in [-0.2, -0.15) is 0 Å². The fourth-order valence-electron chi connectivity index (χ4n) is 2.91. The Morgan fingerprint density at radius 1 is 0.708 bits per heavy atom. The van der Waals surface area contributed by atoms with Crippen LogP contribution in [0.15, 0.2) is 60.7 Å². The average Bonchev–Trinajstić information content (AvgIpc) is 2.56. The van der Waals surface area contributed by atoms with Gasteiger partial charge in [-0.3, -0.25) is 0 Å². The lowest BCUT2D eigenvalue weighted by Crippen LogP contribution is -1.90. The molecule has 0 nitrogen and oxygen atoms in total. The number of hydrogen-bond donors (Lipinski definition) is 0. The van der Waals surface area contributed by atoms with Crippen LogP contribution in [0.4, 0.5) is 8.78 Å². The van der Waals surface area contributed by atoms with E-state index in [4.69, 9.17) is 0 Å². The highest BCUT2D eigenvalue weighted by Gasteiger charge is 2.10. The maximum absolute atomic E-state index is 14.6. The molecular formula is C22H20F2. The molecular weight excluding hydrogens is 302 g/mol. The number of halogens is 2. The van der Waals surface area contributed by atoms with Crippen molar-refractivity contribution in [2.75, 3.05) is 0 Å². The van der Waals surface area contributed by atoms with E-state index in [1.807, 2.05) is 37.3 Å². The Bertz CT molecular complexity index is 848. The first-order valence-electron chi connectivity index (χ1n) is 8.24. The Kier molecular flexibility index (Phi) is 4.75. The molecule has 0 aliphatic carbocycles. The van der Waals surface area contributed by atoms with Crippen molar-refractivity contribution >= 4 is 0 Å². The molecule has 0 heterocycles. The summed E-state index contributed by atoms with van der Waals surface area (Å²) in [4.78, 5) is 0. The predicted molar refractivity (Wildman–Crippen MR) is 96.0 cm³/mol. The number of aryl methyl sites for hydroxylation is 2. The first-order valence-corrected chi connectivity index (χ1v) is 8.24. The van der Waals surface area contributed by atoms with E-state index in [0.29, 0.717) is 16.7 Å². The van der Waals surface area contributed by atoms with Crippen LogP contribution in [0.3, 0.4) is 0 Å². The minimum Gasteiger partial charge on any atom is -0.206 e. The summed E-state index contributed by atoms with van der Waals surface area (Å²) in [6, 6.07) is 17.8. The Balaban J connectivity index is 1.95. The molecule has 0 saturated heterocycles. The lowest BCUT2D eigenvalue weighted by atomic mass is 9.97. The fraction of sp³-hybridized carbons (Fsp3) is 0.182. The van der Waals surface area contributed by atoms with Crippen molar-refractivity contribution < 1.29 is 8.78 Å². The van der Waals surface area contributed by atoms with Gasteiger partial charge in [-0.25, -0.2) is 8.78 Å². The normalized spacial score (nSPS) is 10.8. The average molecular weight is 322 g/mol. The quantitative estimate of drug-likeness (QED) is 0.510. The minimum atomic E-state index is -0.337. The van der Waals surface area contributed by atoms with Crippen LogP contribution in [0.25, 0.3) is 22.3 Å². The molecule has 122 valence electrons. The van der Waals surface area contributed by atoms with E-state index in [1.165, 1.54) is 17.7 Å². The molecule has 24 heavy (non-hydrogen) atoms. The highest BCUT2D eigenvalue weighted by atomic mass is 19.1. The topological polar surface area (TPSA) is 0 Å². The lowest BCUT2D eigenvalue weighted by Gasteiger charge is -2.09. The summed E-state index contributed by atoms with van der Waals surface area (Å²) in [6.07, 6.45) is 2.11. The van der Waals surface area contributed by atoms with Gasteiger partial charge in [-0.1, -0.05) is 61.9 Å². The second kappa shape index (κ2) is 6.96. The van der Waals surface area contributed by atoms with Crippen molar-refractivity contribution in [1.29, 1.82) is 0 Å². The van der Waals surface area contributed by atoms with Gasteiger partial charge in [0.1, 0.15) is 11.6 Å². The van der Waals surface area contributed by atoms with Crippen molar-refractivity contribution in [2.45, 2.75) is 26.7 Å². The third-order valence-electron chi connectivity index (χ3n) is 4.21. The van der Waals surface area contributed by atoms with E-state index in [9.17, 15) is 8.78 Å². The summed E-state index contributed by atoms with van der Waals surface area (Å²) >= 11 is 0. The molecule has 0 aliphatic rings. The third-order valence-corrected chi connectivity index (χ3v) is 4.21. The summed E-state index contributed by atoms with van der Waals surface area (Å²) < 4.78 is 28.6. The van der Waals surface area contributed by atoms with Crippen LogP contribution in [0.1, 0.15) is 24.5 Å². The van der Waals surface area contributed by atoms with E-state index < -0.39 is 0 Å². The second-order valence-electron chi connectivity index (χ2n) is 6.12. The van der Waals surface area contributed by atoms with E-state index in [1.54, 1.807) is 18.2 Å². The molecule has 0 aromatic heterocycles. The molecule has 0 spiro atoms. The number of hydrogen-bond acceptors (Lipinski definition) is 0. The highest BCUT2D eigenvalue weighted by Crippen LogP contribution is 2.30. The first kappa shape index (κ1) is 16.4. The van der Waals surface area contributed by atoms with Gasteiger partial charge in [-0.15, -0.1) is 0 Å². The van der Waals surface area contributed by atoms with Crippen LogP contribution in [0.5, 0.6) is 0 Å². The van der Waals surface area contributed by atoms with Crippen molar-refractivity contribution in [1.82, 2.24) is 0 Å². The second-order valence-corrected chi connectivity index (χ2v) is 6.12. The molecule has 0 saturated carbocycles. The van der Waals surface area contributed by atoms with E-state index >= 15 is 0 Å². The van der Waals surface area contributed by atoms with Crippen molar-refractivity contribution in [3.63, 3.8) is 0 Å². The van der Waals surface area contributed by atoms with E-state index in [0.717, 1.165) is 24.0 Å². The molecule has 3 aromatic rings. The smallest absolute Gasteiger partial charge is 0.131 e. The van der Waals surface area contributed by atoms with Gasteiger partial charge in [-0.05, 0) is 47.7 Å². The summed E-state index contributed by atoms with van der Waals surface area (Å²) in [6.45, 7) is 3.97. The van der Waals surface area contributed by atoms with E-state index in [2.05, 4.69) is 6.92 Å². The maximum Gasteiger partial charge on any atom is 0.131 e. The zero-order valence-electron chi connectivity index (χ0n) is 13.9. The monoisotopic (exact) mass is 322 g/mol. The molecule has 0 N–H and O–H groups in total. The zero-order valence-corrected chi connectivity index (χ0v) is 13.9. The van der Waals surface area contributed by atoms with Gasteiger partial charge in [0.25, 0.3) is 0 Å². The molecule has 0 radical (unpaired) electrons. The van der Waals surface area contributed by atoms with Crippen molar-refractivity contribution in [2.24, 2.45) is 0 Å². The molecule has 0 unspecified atom stereocenters. The summed E-state index contributed by atoms with van der Waals surface area (Å²) in [5.74, 6) is -0.665.